The van der Waals surface area contributed by atoms with Crippen LogP contribution >= 0.6 is 0 Å². The van der Waals surface area contributed by atoms with Crippen molar-refractivity contribution in [2.45, 2.75) is 44.9 Å². The number of nitrogens with one attached hydrogen (secondary N) is 1. The molecule has 2 aromatic rings. The van der Waals surface area contributed by atoms with Crippen molar-refractivity contribution in [3.05, 3.63) is 52.1 Å². The minimum Gasteiger partial charge on any atom is -0.310 e. The number of aromatic nitrogens is 2. The molecule has 3 rings (SSSR count). The Morgan fingerprint density at radius 2 is 1.80 bits per heavy atom. The zero-order chi connectivity index (χ0) is 14.3. The highest BCUT2D eigenvalue weighted by atomic mass is 16.1. The smallest absolute Gasteiger partial charge is 0.251 e. The summed E-state index contributed by atoms with van der Waals surface area (Å²) >= 11 is 0. The van der Waals surface area contributed by atoms with Crippen LogP contribution in [-0.4, -0.2) is 9.97 Å². The topological polar surface area (TPSA) is 45.8 Å². The Morgan fingerprint density at radius 3 is 2.35 bits per heavy atom. The summed E-state index contributed by atoms with van der Waals surface area (Å²) in [6, 6.07) is 9.93. The summed E-state index contributed by atoms with van der Waals surface area (Å²) in [5, 5.41) is 0. The Morgan fingerprint density at radius 1 is 1.15 bits per heavy atom. The molecule has 1 N–H and O–H groups in total. The third-order valence-corrected chi connectivity index (χ3v) is 3.77. The van der Waals surface area contributed by atoms with Gasteiger partial charge in [-0.2, -0.15) is 0 Å². The van der Waals surface area contributed by atoms with Crippen LogP contribution in [0.5, 0.6) is 0 Å². The lowest BCUT2D eigenvalue weighted by Gasteiger charge is -2.19. The van der Waals surface area contributed by atoms with E-state index in [4.69, 9.17) is 0 Å². The summed E-state index contributed by atoms with van der Waals surface area (Å²) in [6.07, 6.45) is 2.27. The van der Waals surface area contributed by atoms with Crippen molar-refractivity contribution in [1.82, 2.24) is 9.97 Å². The van der Waals surface area contributed by atoms with Gasteiger partial charge in [-0.3, -0.25) is 4.79 Å². The summed E-state index contributed by atoms with van der Waals surface area (Å²) < 4.78 is 0. The standard InChI is InChI=1S/C17H20N2O/c1-17(2,3)13-8-6-11(7-9-13)14-10-15(20)19-16(18-14)12-4-5-12/h6-10,12H,4-5H2,1-3H3,(H,18,19,20). The summed E-state index contributed by atoms with van der Waals surface area (Å²) in [7, 11) is 0. The maximum Gasteiger partial charge on any atom is 0.251 e. The average molecular weight is 268 g/mol. The molecule has 0 spiro atoms. The Kier molecular flexibility index (Phi) is 3.00. The number of hydrogen-bond donors (Lipinski definition) is 1. The molecule has 3 nitrogen and oxygen atoms in total. The van der Waals surface area contributed by atoms with Gasteiger partial charge in [0.2, 0.25) is 0 Å². The molecule has 1 aromatic carbocycles. The van der Waals surface area contributed by atoms with E-state index in [1.807, 2.05) is 0 Å². The Bertz CT molecular complexity index is 673. The SMILES string of the molecule is CC(C)(C)c1ccc(-c2cc(=O)[nH]c(C3CC3)n2)cc1. The molecule has 0 atom stereocenters. The average Bonchev–Trinajstić information content (AvgIpc) is 3.21. The van der Waals surface area contributed by atoms with Gasteiger partial charge < -0.3 is 4.98 Å². The zero-order valence-corrected chi connectivity index (χ0v) is 12.2. The van der Waals surface area contributed by atoms with Crippen molar-refractivity contribution in [1.29, 1.82) is 0 Å². The van der Waals surface area contributed by atoms with Crippen molar-refractivity contribution in [2.75, 3.05) is 0 Å². The third kappa shape index (κ3) is 2.67. The molecule has 0 amide bonds. The lowest BCUT2D eigenvalue weighted by Crippen LogP contribution is -2.11. The van der Waals surface area contributed by atoms with E-state index < -0.39 is 0 Å². The van der Waals surface area contributed by atoms with E-state index in [1.54, 1.807) is 6.07 Å². The second-order valence-electron chi connectivity index (χ2n) is 6.62. The van der Waals surface area contributed by atoms with Crippen molar-refractivity contribution < 1.29 is 0 Å². The predicted molar refractivity (Wildman–Crippen MR) is 81.0 cm³/mol. The van der Waals surface area contributed by atoms with Crippen molar-refractivity contribution in [2.24, 2.45) is 0 Å². The molecule has 0 saturated heterocycles. The molecule has 104 valence electrons. The van der Waals surface area contributed by atoms with Gasteiger partial charge in [-0.1, -0.05) is 45.0 Å². The van der Waals surface area contributed by atoms with Crippen LogP contribution in [0, 0.1) is 0 Å². The van der Waals surface area contributed by atoms with Crippen LogP contribution in [-0.2, 0) is 5.41 Å². The van der Waals surface area contributed by atoms with E-state index in [1.165, 1.54) is 5.56 Å². The van der Waals surface area contributed by atoms with Gasteiger partial charge in [0, 0.05) is 17.5 Å². The van der Waals surface area contributed by atoms with Crippen LogP contribution in [0.15, 0.2) is 35.1 Å². The molecule has 1 heterocycles. The molecule has 1 aliphatic carbocycles. The predicted octanol–water partition coefficient (Wildman–Crippen LogP) is 3.61. The molecule has 0 aliphatic heterocycles. The lowest BCUT2D eigenvalue weighted by molar-refractivity contribution is 0.590. The van der Waals surface area contributed by atoms with Crippen molar-refractivity contribution in [3.8, 4) is 11.3 Å². The monoisotopic (exact) mass is 268 g/mol. The number of nitrogens with zero attached hydrogens (tertiary/aromatic N) is 1. The molecule has 0 bridgehead atoms. The minimum absolute atomic E-state index is 0.0585. The number of H-pyrrole nitrogens is 1. The van der Waals surface area contributed by atoms with Crippen LogP contribution in [0.25, 0.3) is 11.3 Å². The molecule has 3 heteroatoms. The second kappa shape index (κ2) is 4.58. The van der Waals surface area contributed by atoms with Crippen LogP contribution in [0.4, 0.5) is 0 Å². The van der Waals surface area contributed by atoms with Gasteiger partial charge in [-0.25, -0.2) is 4.98 Å². The van der Waals surface area contributed by atoms with E-state index in [-0.39, 0.29) is 11.0 Å². The van der Waals surface area contributed by atoms with Gasteiger partial charge in [0.05, 0.1) is 5.69 Å². The number of rotatable bonds is 2. The molecule has 1 saturated carbocycles. The molecule has 1 aromatic heterocycles. The molecule has 0 unspecified atom stereocenters. The fraction of sp³-hybridized carbons (Fsp3) is 0.412. The minimum atomic E-state index is -0.0585. The van der Waals surface area contributed by atoms with E-state index >= 15 is 0 Å². The van der Waals surface area contributed by atoms with E-state index in [9.17, 15) is 4.79 Å². The molecular weight excluding hydrogens is 248 g/mol. The normalized spacial score (nSPS) is 15.3. The Labute approximate surface area is 119 Å². The summed E-state index contributed by atoms with van der Waals surface area (Å²) in [5.74, 6) is 1.30. The summed E-state index contributed by atoms with van der Waals surface area (Å²) in [6.45, 7) is 6.58. The van der Waals surface area contributed by atoms with Gasteiger partial charge in [0.1, 0.15) is 5.82 Å². The molecular formula is C17H20N2O. The largest absolute Gasteiger partial charge is 0.310 e. The van der Waals surface area contributed by atoms with Crippen molar-refractivity contribution in [3.63, 3.8) is 0 Å². The second-order valence-corrected chi connectivity index (χ2v) is 6.62. The number of benzene rings is 1. The number of hydrogen-bond acceptors (Lipinski definition) is 2. The van der Waals surface area contributed by atoms with E-state index in [0.29, 0.717) is 5.92 Å². The maximum atomic E-state index is 11.7. The Balaban J connectivity index is 1.98. The maximum absolute atomic E-state index is 11.7. The molecule has 0 radical (unpaired) electrons. The zero-order valence-electron chi connectivity index (χ0n) is 12.2. The van der Waals surface area contributed by atoms with E-state index in [2.05, 4.69) is 55.0 Å². The Hall–Kier alpha value is -1.90. The van der Waals surface area contributed by atoms with Gasteiger partial charge in [0.25, 0.3) is 5.56 Å². The van der Waals surface area contributed by atoms with Crippen molar-refractivity contribution >= 4 is 0 Å². The first-order valence-electron chi connectivity index (χ1n) is 7.16. The van der Waals surface area contributed by atoms with E-state index in [0.717, 1.165) is 29.9 Å². The molecule has 1 aliphatic rings. The first-order valence-corrected chi connectivity index (χ1v) is 7.16. The fourth-order valence-corrected chi connectivity index (χ4v) is 2.32. The van der Waals surface area contributed by atoms with Gasteiger partial charge >= 0.3 is 0 Å². The highest BCUT2D eigenvalue weighted by molar-refractivity contribution is 5.59. The third-order valence-electron chi connectivity index (χ3n) is 3.77. The first-order chi connectivity index (χ1) is 9.43. The summed E-state index contributed by atoms with van der Waals surface area (Å²) in [5.41, 5.74) is 3.15. The van der Waals surface area contributed by atoms with Crippen LogP contribution in [0.3, 0.4) is 0 Å². The molecule has 20 heavy (non-hydrogen) atoms. The lowest BCUT2D eigenvalue weighted by atomic mass is 9.86. The van der Waals surface area contributed by atoms with Gasteiger partial charge in [0.15, 0.2) is 0 Å². The van der Waals surface area contributed by atoms with Crippen LogP contribution in [0.1, 0.15) is 50.9 Å². The van der Waals surface area contributed by atoms with Gasteiger partial charge in [-0.05, 0) is 23.8 Å². The van der Waals surface area contributed by atoms with Crippen LogP contribution in [0.2, 0.25) is 0 Å². The quantitative estimate of drug-likeness (QED) is 0.904. The first kappa shape index (κ1) is 13.1. The fourth-order valence-electron chi connectivity index (χ4n) is 2.32. The highest BCUT2D eigenvalue weighted by Crippen LogP contribution is 2.38. The van der Waals surface area contributed by atoms with Crippen LogP contribution < -0.4 is 5.56 Å². The summed E-state index contributed by atoms with van der Waals surface area (Å²) in [4.78, 5) is 19.2. The van der Waals surface area contributed by atoms with Gasteiger partial charge in [-0.15, -0.1) is 0 Å². The number of aromatic amines is 1. The highest BCUT2D eigenvalue weighted by Gasteiger charge is 2.26. The molecule has 1 fully saturated rings.